The number of amidine groups is 1. The van der Waals surface area contributed by atoms with Crippen molar-refractivity contribution in [3.8, 4) is 0 Å². The Morgan fingerprint density at radius 3 is 2.77 bits per heavy atom. The Bertz CT molecular complexity index is 211. The second-order valence-electron chi connectivity index (χ2n) is 4.19. The van der Waals surface area contributed by atoms with Crippen LogP contribution >= 0.6 is 0 Å². The van der Waals surface area contributed by atoms with E-state index in [1.54, 1.807) is 0 Å². The molecule has 1 aliphatic heterocycles. The molecule has 0 aromatic rings. The largest absolute Gasteiger partial charge is 0.387 e. The van der Waals surface area contributed by atoms with Crippen molar-refractivity contribution in [1.82, 2.24) is 0 Å². The van der Waals surface area contributed by atoms with Crippen LogP contribution in [-0.4, -0.2) is 24.6 Å². The molecule has 2 rings (SSSR count). The highest BCUT2D eigenvalue weighted by atomic mass is 16.5. The fourth-order valence-electron chi connectivity index (χ4n) is 1.79. The van der Waals surface area contributed by atoms with Gasteiger partial charge in [-0.05, 0) is 32.6 Å². The average molecular weight is 182 g/mol. The first-order valence-electron chi connectivity index (χ1n) is 5.20. The van der Waals surface area contributed by atoms with E-state index in [0.717, 1.165) is 25.3 Å². The molecule has 2 fully saturated rings. The number of hydrogen-bond acceptors (Lipinski definition) is 2. The molecule has 0 aromatic carbocycles. The lowest BCUT2D eigenvalue weighted by atomic mass is 10.1. The third-order valence-corrected chi connectivity index (χ3v) is 2.78. The monoisotopic (exact) mass is 182 g/mol. The van der Waals surface area contributed by atoms with Gasteiger partial charge >= 0.3 is 0 Å². The molecule has 1 saturated carbocycles. The van der Waals surface area contributed by atoms with E-state index in [1.807, 2.05) is 0 Å². The van der Waals surface area contributed by atoms with Gasteiger partial charge in [0.1, 0.15) is 0 Å². The topological polar surface area (TPSA) is 47.6 Å². The lowest BCUT2D eigenvalue weighted by Crippen LogP contribution is -2.28. The third-order valence-electron chi connectivity index (χ3n) is 2.78. The summed E-state index contributed by atoms with van der Waals surface area (Å²) < 4.78 is 5.46. The summed E-state index contributed by atoms with van der Waals surface area (Å²) in [5.41, 5.74) is 5.86. The van der Waals surface area contributed by atoms with Crippen molar-refractivity contribution in [1.29, 1.82) is 0 Å². The van der Waals surface area contributed by atoms with Gasteiger partial charge in [-0.15, -0.1) is 0 Å². The Morgan fingerprint density at radius 1 is 1.38 bits per heavy atom. The standard InChI is InChI=1S/C10H18N2O/c1-7-6-9(4-5-13-7)12-10(11)8-2-3-8/h7-9H,2-6H2,1H3,(H2,11,12). The molecule has 2 atom stereocenters. The van der Waals surface area contributed by atoms with Crippen molar-refractivity contribution in [3.05, 3.63) is 0 Å². The van der Waals surface area contributed by atoms with Crippen LogP contribution in [0.15, 0.2) is 4.99 Å². The van der Waals surface area contributed by atoms with Gasteiger partial charge in [0.2, 0.25) is 0 Å². The van der Waals surface area contributed by atoms with Gasteiger partial charge in [0, 0.05) is 12.5 Å². The van der Waals surface area contributed by atoms with Crippen molar-refractivity contribution in [2.24, 2.45) is 16.6 Å². The Hall–Kier alpha value is -0.570. The van der Waals surface area contributed by atoms with Crippen molar-refractivity contribution in [2.75, 3.05) is 6.61 Å². The fraction of sp³-hybridized carbons (Fsp3) is 0.900. The van der Waals surface area contributed by atoms with Gasteiger partial charge in [-0.2, -0.15) is 0 Å². The van der Waals surface area contributed by atoms with E-state index >= 15 is 0 Å². The summed E-state index contributed by atoms with van der Waals surface area (Å²) in [4.78, 5) is 4.56. The maximum Gasteiger partial charge on any atom is 0.0971 e. The Balaban J connectivity index is 1.88. The van der Waals surface area contributed by atoms with E-state index in [9.17, 15) is 0 Å². The summed E-state index contributed by atoms with van der Waals surface area (Å²) in [5, 5.41) is 0. The third kappa shape index (κ3) is 2.44. The van der Waals surface area contributed by atoms with Crippen LogP contribution in [0.5, 0.6) is 0 Å². The van der Waals surface area contributed by atoms with Crippen molar-refractivity contribution < 1.29 is 4.74 Å². The van der Waals surface area contributed by atoms with E-state index in [1.165, 1.54) is 12.8 Å². The molecule has 0 bridgehead atoms. The first-order valence-corrected chi connectivity index (χ1v) is 5.20. The number of ether oxygens (including phenoxy) is 1. The molecule has 3 heteroatoms. The Morgan fingerprint density at radius 2 is 2.15 bits per heavy atom. The molecular formula is C10H18N2O. The SMILES string of the molecule is CC1CC(N=C(N)C2CC2)CCO1. The van der Waals surface area contributed by atoms with Gasteiger partial charge in [-0.1, -0.05) is 0 Å². The molecule has 1 heterocycles. The maximum absolute atomic E-state index is 5.86. The van der Waals surface area contributed by atoms with Crippen molar-refractivity contribution >= 4 is 5.84 Å². The number of nitrogens with two attached hydrogens (primary N) is 1. The van der Waals surface area contributed by atoms with Crippen molar-refractivity contribution in [2.45, 2.75) is 44.8 Å². The molecule has 0 radical (unpaired) electrons. The minimum atomic E-state index is 0.356. The highest BCUT2D eigenvalue weighted by molar-refractivity contribution is 5.85. The summed E-state index contributed by atoms with van der Waals surface area (Å²) >= 11 is 0. The molecule has 0 aromatic heterocycles. The average Bonchev–Trinajstić information content (AvgIpc) is 2.85. The summed E-state index contributed by atoms with van der Waals surface area (Å²) in [5.74, 6) is 1.50. The molecule has 0 spiro atoms. The van der Waals surface area contributed by atoms with Gasteiger partial charge < -0.3 is 10.5 Å². The second kappa shape index (κ2) is 3.66. The Labute approximate surface area is 79.4 Å². The molecule has 1 aliphatic carbocycles. The molecule has 2 unspecified atom stereocenters. The number of nitrogens with zero attached hydrogens (tertiary/aromatic N) is 1. The lowest BCUT2D eigenvalue weighted by molar-refractivity contribution is 0.0204. The molecule has 13 heavy (non-hydrogen) atoms. The zero-order valence-electron chi connectivity index (χ0n) is 8.20. The molecule has 74 valence electrons. The van der Waals surface area contributed by atoms with Crippen LogP contribution in [0.4, 0.5) is 0 Å². The molecule has 0 amide bonds. The van der Waals surface area contributed by atoms with Crippen LogP contribution in [0.25, 0.3) is 0 Å². The number of aliphatic imine (C=N–C) groups is 1. The Kier molecular flexibility index (Phi) is 2.54. The maximum atomic E-state index is 5.86. The first kappa shape index (κ1) is 9.00. The van der Waals surface area contributed by atoms with Gasteiger partial charge in [0.05, 0.1) is 18.0 Å². The minimum absolute atomic E-state index is 0.356. The van der Waals surface area contributed by atoms with Gasteiger partial charge in [0.15, 0.2) is 0 Å². The van der Waals surface area contributed by atoms with E-state index in [2.05, 4.69) is 11.9 Å². The molecule has 3 nitrogen and oxygen atoms in total. The highest BCUT2D eigenvalue weighted by Crippen LogP contribution is 2.29. The van der Waals surface area contributed by atoms with Gasteiger partial charge in [0.25, 0.3) is 0 Å². The van der Waals surface area contributed by atoms with Crippen LogP contribution in [0.2, 0.25) is 0 Å². The first-order chi connectivity index (χ1) is 6.25. The van der Waals surface area contributed by atoms with Gasteiger partial charge in [-0.25, -0.2) is 0 Å². The number of rotatable bonds is 2. The van der Waals surface area contributed by atoms with E-state index in [-0.39, 0.29) is 0 Å². The lowest BCUT2D eigenvalue weighted by Gasteiger charge is -2.24. The minimum Gasteiger partial charge on any atom is -0.387 e. The fourth-order valence-corrected chi connectivity index (χ4v) is 1.79. The smallest absolute Gasteiger partial charge is 0.0971 e. The summed E-state index contributed by atoms with van der Waals surface area (Å²) in [6.45, 7) is 2.95. The summed E-state index contributed by atoms with van der Waals surface area (Å²) in [6.07, 6.45) is 4.92. The van der Waals surface area contributed by atoms with Crippen LogP contribution < -0.4 is 5.73 Å². The quantitative estimate of drug-likeness (QED) is 0.517. The van der Waals surface area contributed by atoms with E-state index < -0.39 is 0 Å². The highest BCUT2D eigenvalue weighted by Gasteiger charge is 2.27. The molecule has 1 saturated heterocycles. The van der Waals surface area contributed by atoms with E-state index in [4.69, 9.17) is 10.5 Å². The predicted octanol–water partition coefficient (Wildman–Crippen LogP) is 1.32. The van der Waals surface area contributed by atoms with Crippen LogP contribution in [-0.2, 0) is 4.74 Å². The zero-order valence-corrected chi connectivity index (χ0v) is 8.20. The van der Waals surface area contributed by atoms with Crippen LogP contribution in [0, 0.1) is 5.92 Å². The number of hydrogen-bond donors (Lipinski definition) is 1. The van der Waals surface area contributed by atoms with E-state index in [0.29, 0.717) is 18.1 Å². The van der Waals surface area contributed by atoms with Gasteiger partial charge in [-0.3, -0.25) is 4.99 Å². The zero-order chi connectivity index (χ0) is 9.26. The summed E-state index contributed by atoms with van der Waals surface area (Å²) in [7, 11) is 0. The molecule has 2 aliphatic rings. The van der Waals surface area contributed by atoms with Crippen LogP contribution in [0.3, 0.4) is 0 Å². The normalized spacial score (nSPS) is 36.2. The second-order valence-corrected chi connectivity index (χ2v) is 4.19. The van der Waals surface area contributed by atoms with Crippen LogP contribution in [0.1, 0.15) is 32.6 Å². The molecule has 2 N–H and O–H groups in total. The molecular weight excluding hydrogens is 164 g/mol. The summed E-state index contributed by atoms with van der Waals surface area (Å²) in [6, 6.07) is 0.421. The predicted molar refractivity (Wildman–Crippen MR) is 52.8 cm³/mol. The van der Waals surface area contributed by atoms with Crippen molar-refractivity contribution in [3.63, 3.8) is 0 Å².